The minimum absolute atomic E-state index is 0.213. The maximum absolute atomic E-state index is 12.9. The molecule has 0 bridgehead atoms. The predicted molar refractivity (Wildman–Crippen MR) is 126 cm³/mol. The van der Waals surface area contributed by atoms with Crippen molar-refractivity contribution in [3.63, 3.8) is 0 Å². The lowest BCUT2D eigenvalue weighted by atomic mass is 9.66. The van der Waals surface area contributed by atoms with Crippen LogP contribution in [0.5, 0.6) is 0 Å². The van der Waals surface area contributed by atoms with Crippen LogP contribution in [0.2, 0.25) is 0 Å². The van der Waals surface area contributed by atoms with E-state index < -0.39 is 0 Å². The molecule has 1 fully saturated rings. The summed E-state index contributed by atoms with van der Waals surface area (Å²) >= 11 is 0. The van der Waals surface area contributed by atoms with E-state index >= 15 is 0 Å². The summed E-state index contributed by atoms with van der Waals surface area (Å²) in [5, 5.41) is 4.41. The van der Waals surface area contributed by atoms with Crippen molar-refractivity contribution in [3.8, 4) is 0 Å². The topological polar surface area (TPSA) is 51.0 Å². The number of likely N-dealkylation sites (tertiary alicyclic amines) is 1. The first-order valence-corrected chi connectivity index (χ1v) is 12.3. The van der Waals surface area contributed by atoms with E-state index in [-0.39, 0.29) is 5.41 Å². The Morgan fingerprint density at radius 2 is 1.81 bits per heavy atom. The van der Waals surface area contributed by atoms with E-state index in [1.807, 2.05) is 11.0 Å². The predicted octanol–water partition coefficient (Wildman–Crippen LogP) is 5.30. The molecule has 1 aromatic heterocycles. The van der Waals surface area contributed by atoms with Crippen molar-refractivity contribution in [2.45, 2.75) is 85.1 Å². The van der Waals surface area contributed by atoms with Crippen molar-refractivity contribution in [2.75, 3.05) is 13.1 Å². The third-order valence-electron chi connectivity index (χ3n) is 7.38. The maximum Gasteiger partial charge on any atom is 0.222 e. The van der Waals surface area contributed by atoms with E-state index in [2.05, 4.69) is 60.0 Å². The van der Waals surface area contributed by atoms with Gasteiger partial charge in [-0.05, 0) is 54.6 Å². The molecular weight excluding hydrogens is 384 g/mol. The summed E-state index contributed by atoms with van der Waals surface area (Å²) < 4.78 is 2.01. The second-order valence-electron chi connectivity index (χ2n) is 9.25. The number of carbonyl (C=O) groups excluding carboxylic acids is 1. The molecule has 0 saturated carbocycles. The Morgan fingerprint density at radius 1 is 1.10 bits per heavy atom. The number of benzene rings is 1. The molecule has 2 aromatic rings. The number of piperidine rings is 1. The van der Waals surface area contributed by atoms with Gasteiger partial charge in [0, 0.05) is 26.1 Å². The molecule has 1 amide bonds. The van der Waals surface area contributed by atoms with Gasteiger partial charge < -0.3 is 4.90 Å². The number of aryl methyl sites for hydroxylation is 2. The Kier molecular flexibility index (Phi) is 8.68. The second-order valence-corrected chi connectivity index (χ2v) is 9.25. The van der Waals surface area contributed by atoms with Crippen LogP contribution in [-0.2, 0) is 24.2 Å². The Balaban J connectivity index is 1.60. The molecule has 0 spiro atoms. The van der Waals surface area contributed by atoms with Crippen LogP contribution in [0.1, 0.15) is 76.8 Å². The van der Waals surface area contributed by atoms with Crippen molar-refractivity contribution in [3.05, 3.63) is 48.0 Å². The van der Waals surface area contributed by atoms with Crippen LogP contribution in [0.15, 0.2) is 36.9 Å². The van der Waals surface area contributed by atoms with Gasteiger partial charge in [0.1, 0.15) is 12.7 Å². The minimum atomic E-state index is 0.213. The molecule has 1 unspecified atom stereocenters. The summed E-state index contributed by atoms with van der Waals surface area (Å²) in [4.78, 5) is 19.2. The number of hydrogen-bond acceptors (Lipinski definition) is 3. The van der Waals surface area contributed by atoms with Crippen molar-refractivity contribution in [2.24, 2.45) is 11.3 Å². The zero-order chi connectivity index (χ0) is 22.1. The average molecular weight is 425 g/mol. The third kappa shape index (κ3) is 6.18. The zero-order valence-electron chi connectivity index (χ0n) is 19.7. The number of unbranched alkanes of at least 4 members (excludes halogenated alkanes) is 1. The smallest absolute Gasteiger partial charge is 0.222 e. The molecule has 0 radical (unpaired) electrons. The molecule has 1 atom stereocenters. The molecule has 1 saturated heterocycles. The normalized spacial score (nSPS) is 16.9. The van der Waals surface area contributed by atoms with Gasteiger partial charge in [0.15, 0.2) is 0 Å². The van der Waals surface area contributed by atoms with Gasteiger partial charge in [0.25, 0.3) is 0 Å². The van der Waals surface area contributed by atoms with Crippen LogP contribution in [0, 0.1) is 11.3 Å². The third-order valence-corrected chi connectivity index (χ3v) is 7.38. The number of aromatic nitrogens is 3. The summed E-state index contributed by atoms with van der Waals surface area (Å²) in [6.45, 7) is 9.42. The molecule has 1 aliphatic heterocycles. The number of rotatable bonds is 11. The van der Waals surface area contributed by atoms with Crippen molar-refractivity contribution in [1.29, 1.82) is 0 Å². The highest BCUT2D eigenvalue weighted by atomic mass is 16.2. The van der Waals surface area contributed by atoms with E-state index in [1.165, 1.54) is 36.8 Å². The minimum Gasteiger partial charge on any atom is -0.343 e. The summed E-state index contributed by atoms with van der Waals surface area (Å²) in [5.74, 6) is 0.974. The zero-order valence-corrected chi connectivity index (χ0v) is 19.7. The summed E-state index contributed by atoms with van der Waals surface area (Å²) in [6.07, 6.45) is 13.1. The Bertz CT molecular complexity index is 776. The van der Waals surface area contributed by atoms with Gasteiger partial charge in [-0.1, -0.05) is 64.3 Å². The van der Waals surface area contributed by atoms with Crippen molar-refractivity contribution >= 4 is 5.91 Å². The number of nitrogens with zero attached hydrogens (tertiary/aromatic N) is 4. The van der Waals surface area contributed by atoms with E-state index in [4.69, 9.17) is 0 Å². The summed E-state index contributed by atoms with van der Waals surface area (Å²) in [5.41, 5.74) is 2.82. The molecular formula is C26H40N4O. The molecule has 5 heteroatoms. The van der Waals surface area contributed by atoms with Gasteiger partial charge in [-0.25, -0.2) is 4.98 Å². The van der Waals surface area contributed by atoms with Crippen LogP contribution in [0.25, 0.3) is 0 Å². The molecule has 1 aromatic carbocycles. The monoisotopic (exact) mass is 424 g/mol. The van der Waals surface area contributed by atoms with Gasteiger partial charge in [-0.3, -0.25) is 9.48 Å². The fourth-order valence-corrected chi connectivity index (χ4v) is 5.28. The molecule has 1 aliphatic rings. The fourth-order valence-electron chi connectivity index (χ4n) is 5.28. The maximum atomic E-state index is 12.9. The molecule has 0 N–H and O–H groups in total. The van der Waals surface area contributed by atoms with E-state index in [0.29, 0.717) is 18.2 Å². The Labute approximate surface area is 188 Å². The van der Waals surface area contributed by atoms with Crippen LogP contribution < -0.4 is 0 Å². The first kappa shape index (κ1) is 23.5. The van der Waals surface area contributed by atoms with Gasteiger partial charge in [-0.2, -0.15) is 5.10 Å². The highest BCUT2D eigenvalue weighted by Crippen LogP contribution is 2.44. The van der Waals surface area contributed by atoms with E-state index in [9.17, 15) is 4.79 Å². The summed E-state index contributed by atoms with van der Waals surface area (Å²) in [7, 11) is 0. The molecule has 2 heterocycles. The Hall–Kier alpha value is -2.17. The van der Waals surface area contributed by atoms with Crippen molar-refractivity contribution < 1.29 is 4.79 Å². The molecule has 3 rings (SSSR count). The van der Waals surface area contributed by atoms with E-state index in [0.717, 1.165) is 45.3 Å². The van der Waals surface area contributed by atoms with E-state index in [1.54, 1.807) is 6.33 Å². The van der Waals surface area contributed by atoms with Gasteiger partial charge >= 0.3 is 0 Å². The largest absolute Gasteiger partial charge is 0.343 e. The lowest BCUT2D eigenvalue weighted by molar-refractivity contribution is -0.134. The molecule has 170 valence electrons. The molecule has 31 heavy (non-hydrogen) atoms. The second kappa shape index (κ2) is 11.4. The number of hydrogen-bond donors (Lipinski definition) is 0. The number of carbonyl (C=O) groups is 1. The average Bonchev–Trinajstić information content (AvgIpc) is 3.31. The quantitative estimate of drug-likeness (QED) is 0.492. The first-order chi connectivity index (χ1) is 15.1. The van der Waals surface area contributed by atoms with Crippen LogP contribution in [0.4, 0.5) is 0 Å². The highest BCUT2D eigenvalue weighted by Gasteiger charge is 2.41. The van der Waals surface area contributed by atoms with Gasteiger partial charge in [0.2, 0.25) is 5.91 Å². The van der Waals surface area contributed by atoms with Crippen LogP contribution in [-0.4, -0.2) is 38.7 Å². The number of amides is 1. The molecule has 0 aliphatic carbocycles. The molecule has 5 nitrogen and oxygen atoms in total. The lowest BCUT2D eigenvalue weighted by Crippen LogP contribution is -2.48. The first-order valence-electron chi connectivity index (χ1n) is 12.3. The fraction of sp³-hybridized carbons (Fsp3) is 0.654. The van der Waals surface area contributed by atoms with Crippen molar-refractivity contribution in [1.82, 2.24) is 19.7 Å². The lowest BCUT2D eigenvalue weighted by Gasteiger charge is -2.46. The summed E-state index contributed by atoms with van der Waals surface area (Å²) in [6, 6.07) is 8.71. The van der Waals surface area contributed by atoms with Crippen LogP contribution >= 0.6 is 0 Å². The standard InChI is InChI=1S/C26H40N4O/c1-4-7-8-24(6-3)26(19-30-21-27-20-28-30)15-17-29(18-16-26)25(31)14-13-23-11-9-22(5-2)10-12-23/h9-12,20-21,24H,4-8,13-19H2,1-3H3. The van der Waals surface area contributed by atoms with Gasteiger partial charge in [-0.15, -0.1) is 0 Å². The highest BCUT2D eigenvalue weighted by molar-refractivity contribution is 5.76. The SMILES string of the molecule is CCCCC(CC)C1(Cn2cncn2)CCN(C(=O)CCc2ccc(CC)cc2)CC1. The Morgan fingerprint density at radius 3 is 2.39 bits per heavy atom. The van der Waals surface area contributed by atoms with Gasteiger partial charge in [0.05, 0.1) is 0 Å². The van der Waals surface area contributed by atoms with Crippen LogP contribution in [0.3, 0.4) is 0 Å².